The van der Waals surface area contributed by atoms with Crippen molar-refractivity contribution >= 4 is 11.8 Å². The van der Waals surface area contributed by atoms with Crippen LogP contribution in [0.5, 0.6) is 11.5 Å². The first-order valence-corrected chi connectivity index (χ1v) is 9.87. The van der Waals surface area contributed by atoms with Gasteiger partial charge in [-0.3, -0.25) is 0 Å². The van der Waals surface area contributed by atoms with Crippen molar-refractivity contribution in [2.75, 3.05) is 13.7 Å². The molecule has 148 valence electrons. The summed E-state index contributed by atoms with van der Waals surface area (Å²) in [6, 6.07) is 15.1. The Hall–Kier alpha value is -3.40. The molecule has 0 aliphatic carbocycles. The normalized spacial score (nSPS) is 10.8. The fraction of sp³-hybridized carbons (Fsp3) is 0.211. The SMILES string of the molecule is CCOc1ccccc1-c1noc(CSc2nnnn2-c2ccc(OC)cc2)n1. The summed E-state index contributed by atoms with van der Waals surface area (Å²) in [6.45, 7) is 2.49. The van der Waals surface area contributed by atoms with Crippen LogP contribution in [0.1, 0.15) is 12.8 Å². The lowest BCUT2D eigenvalue weighted by Crippen LogP contribution is -1.99. The molecule has 0 bridgehead atoms. The summed E-state index contributed by atoms with van der Waals surface area (Å²) < 4.78 is 17.9. The molecule has 0 aliphatic rings. The molecule has 0 spiro atoms. The van der Waals surface area contributed by atoms with E-state index in [-0.39, 0.29) is 0 Å². The fourth-order valence-corrected chi connectivity index (χ4v) is 3.36. The molecule has 4 aromatic rings. The Kier molecular flexibility index (Phi) is 5.71. The van der Waals surface area contributed by atoms with Crippen molar-refractivity contribution in [3.05, 3.63) is 54.4 Å². The number of tetrazole rings is 1. The van der Waals surface area contributed by atoms with Crippen LogP contribution in [0.4, 0.5) is 0 Å². The third kappa shape index (κ3) is 4.21. The molecule has 0 radical (unpaired) electrons. The van der Waals surface area contributed by atoms with Gasteiger partial charge in [0, 0.05) is 0 Å². The molecule has 0 unspecified atom stereocenters. The van der Waals surface area contributed by atoms with Crippen molar-refractivity contribution < 1.29 is 14.0 Å². The number of thioether (sulfide) groups is 1. The highest BCUT2D eigenvalue weighted by atomic mass is 32.2. The van der Waals surface area contributed by atoms with E-state index in [4.69, 9.17) is 14.0 Å². The van der Waals surface area contributed by atoms with Crippen LogP contribution in [0, 0.1) is 0 Å². The monoisotopic (exact) mass is 410 g/mol. The molecule has 2 heterocycles. The van der Waals surface area contributed by atoms with E-state index in [1.807, 2.05) is 55.5 Å². The van der Waals surface area contributed by atoms with E-state index in [0.29, 0.717) is 29.2 Å². The smallest absolute Gasteiger partial charge is 0.237 e. The highest BCUT2D eigenvalue weighted by Gasteiger charge is 2.15. The first kappa shape index (κ1) is 18.9. The largest absolute Gasteiger partial charge is 0.497 e. The molecule has 0 saturated carbocycles. The molecular weight excluding hydrogens is 392 g/mol. The van der Waals surface area contributed by atoms with Crippen LogP contribution in [-0.4, -0.2) is 44.1 Å². The predicted molar refractivity (Wildman–Crippen MR) is 106 cm³/mol. The van der Waals surface area contributed by atoms with Gasteiger partial charge in [0.1, 0.15) is 11.5 Å². The molecule has 0 fully saturated rings. The highest BCUT2D eigenvalue weighted by Crippen LogP contribution is 2.29. The van der Waals surface area contributed by atoms with Gasteiger partial charge in [-0.1, -0.05) is 29.1 Å². The van der Waals surface area contributed by atoms with Gasteiger partial charge in [-0.2, -0.15) is 9.67 Å². The lowest BCUT2D eigenvalue weighted by Gasteiger charge is -2.06. The van der Waals surface area contributed by atoms with Gasteiger partial charge in [-0.25, -0.2) is 0 Å². The first-order chi connectivity index (χ1) is 14.3. The van der Waals surface area contributed by atoms with Gasteiger partial charge < -0.3 is 14.0 Å². The number of methoxy groups -OCH3 is 1. The fourth-order valence-electron chi connectivity index (χ4n) is 2.64. The summed E-state index contributed by atoms with van der Waals surface area (Å²) in [7, 11) is 1.62. The summed E-state index contributed by atoms with van der Waals surface area (Å²) in [5.41, 5.74) is 1.62. The Balaban J connectivity index is 1.48. The number of ether oxygens (including phenoxy) is 2. The van der Waals surface area contributed by atoms with Crippen LogP contribution < -0.4 is 9.47 Å². The van der Waals surface area contributed by atoms with E-state index in [2.05, 4.69) is 25.7 Å². The van der Waals surface area contributed by atoms with Gasteiger partial charge in [0.2, 0.25) is 16.9 Å². The summed E-state index contributed by atoms with van der Waals surface area (Å²) >= 11 is 1.40. The summed E-state index contributed by atoms with van der Waals surface area (Å²) in [5.74, 6) is 2.88. The molecule has 0 aliphatic heterocycles. The van der Waals surface area contributed by atoms with Crippen molar-refractivity contribution in [2.24, 2.45) is 0 Å². The van der Waals surface area contributed by atoms with Gasteiger partial charge in [-0.15, -0.1) is 5.10 Å². The van der Waals surface area contributed by atoms with Gasteiger partial charge in [-0.05, 0) is 53.7 Å². The maximum absolute atomic E-state index is 5.64. The molecule has 9 nitrogen and oxygen atoms in total. The van der Waals surface area contributed by atoms with E-state index in [1.165, 1.54) is 11.8 Å². The maximum atomic E-state index is 5.64. The van der Waals surface area contributed by atoms with E-state index < -0.39 is 0 Å². The molecule has 10 heteroatoms. The number of hydrogen-bond donors (Lipinski definition) is 0. The minimum atomic E-state index is 0.431. The molecule has 0 saturated heterocycles. The molecule has 2 aromatic heterocycles. The summed E-state index contributed by atoms with van der Waals surface area (Å²) in [4.78, 5) is 4.47. The molecule has 2 aromatic carbocycles. The van der Waals surface area contributed by atoms with E-state index in [9.17, 15) is 0 Å². The Morgan fingerprint density at radius 1 is 1.10 bits per heavy atom. The van der Waals surface area contributed by atoms with Gasteiger partial charge in [0.15, 0.2) is 0 Å². The second kappa shape index (κ2) is 8.74. The van der Waals surface area contributed by atoms with Gasteiger partial charge in [0.25, 0.3) is 0 Å². The molecule has 29 heavy (non-hydrogen) atoms. The van der Waals surface area contributed by atoms with Crippen molar-refractivity contribution in [3.8, 4) is 28.6 Å². The van der Waals surface area contributed by atoms with Gasteiger partial charge >= 0.3 is 0 Å². The highest BCUT2D eigenvalue weighted by molar-refractivity contribution is 7.98. The topological polar surface area (TPSA) is 101 Å². The van der Waals surface area contributed by atoms with Crippen molar-refractivity contribution in [1.29, 1.82) is 0 Å². The zero-order chi connectivity index (χ0) is 20.1. The second-order valence-electron chi connectivity index (χ2n) is 5.80. The Morgan fingerprint density at radius 2 is 1.93 bits per heavy atom. The predicted octanol–water partition coefficient (Wildman–Crippen LogP) is 3.41. The summed E-state index contributed by atoms with van der Waals surface area (Å²) in [6.07, 6.45) is 0. The Morgan fingerprint density at radius 3 is 2.72 bits per heavy atom. The van der Waals surface area contributed by atoms with E-state index >= 15 is 0 Å². The molecule has 0 atom stereocenters. The van der Waals surface area contributed by atoms with Crippen LogP contribution in [0.15, 0.2) is 58.2 Å². The Labute approximate surface area is 171 Å². The summed E-state index contributed by atoms with van der Waals surface area (Å²) in [5, 5.41) is 16.6. The molecule has 0 N–H and O–H groups in total. The van der Waals surface area contributed by atoms with E-state index in [1.54, 1.807) is 11.8 Å². The lowest BCUT2D eigenvalue weighted by molar-refractivity contribution is 0.341. The van der Waals surface area contributed by atoms with E-state index in [0.717, 1.165) is 22.7 Å². The number of nitrogens with zero attached hydrogens (tertiary/aromatic N) is 6. The van der Waals surface area contributed by atoms with Crippen molar-refractivity contribution in [1.82, 2.24) is 30.3 Å². The molecule has 0 amide bonds. The molecular formula is C19H18N6O3S. The van der Waals surface area contributed by atoms with Crippen molar-refractivity contribution in [3.63, 3.8) is 0 Å². The number of rotatable bonds is 8. The second-order valence-corrected chi connectivity index (χ2v) is 6.74. The standard InChI is InChI=1S/C19H18N6O3S/c1-3-27-16-7-5-4-6-15(16)18-20-17(28-22-18)12-29-19-21-23-24-25(19)13-8-10-14(26-2)11-9-13/h4-11H,3,12H2,1-2H3. The van der Waals surface area contributed by atoms with Crippen LogP contribution in [0.3, 0.4) is 0 Å². The average Bonchev–Trinajstić information content (AvgIpc) is 3.42. The minimum Gasteiger partial charge on any atom is -0.497 e. The van der Waals surface area contributed by atoms with Crippen LogP contribution in [0.2, 0.25) is 0 Å². The minimum absolute atomic E-state index is 0.431. The van der Waals surface area contributed by atoms with Crippen LogP contribution >= 0.6 is 11.8 Å². The third-order valence-electron chi connectivity index (χ3n) is 3.98. The Bertz CT molecular complexity index is 1080. The van der Waals surface area contributed by atoms with Gasteiger partial charge in [0.05, 0.1) is 30.7 Å². The van der Waals surface area contributed by atoms with Crippen molar-refractivity contribution in [2.45, 2.75) is 17.8 Å². The number of benzene rings is 2. The number of para-hydroxylation sites is 1. The zero-order valence-electron chi connectivity index (χ0n) is 15.8. The van der Waals surface area contributed by atoms with Crippen LogP contribution in [-0.2, 0) is 5.75 Å². The zero-order valence-corrected chi connectivity index (χ0v) is 16.7. The lowest BCUT2D eigenvalue weighted by atomic mass is 10.2. The third-order valence-corrected chi connectivity index (χ3v) is 4.88. The average molecular weight is 410 g/mol. The number of aromatic nitrogens is 6. The molecule has 4 rings (SSSR count). The first-order valence-electron chi connectivity index (χ1n) is 8.89. The number of hydrogen-bond acceptors (Lipinski definition) is 9. The quantitative estimate of drug-likeness (QED) is 0.404. The van der Waals surface area contributed by atoms with Crippen LogP contribution in [0.25, 0.3) is 17.1 Å². The maximum Gasteiger partial charge on any atom is 0.237 e.